The zero-order valence-electron chi connectivity index (χ0n) is 12.7. The van der Waals surface area contributed by atoms with E-state index in [1.807, 2.05) is 0 Å². The molecular formula is C12H11ClF6N4O2. The minimum Gasteiger partial charge on any atom is -0.362 e. The van der Waals surface area contributed by atoms with E-state index >= 15 is 0 Å². The molecule has 1 amide bonds. The van der Waals surface area contributed by atoms with E-state index < -0.39 is 47.2 Å². The van der Waals surface area contributed by atoms with E-state index in [0.717, 1.165) is 13.8 Å². The van der Waals surface area contributed by atoms with Crippen LogP contribution in [-0.2, 0) is 11.0 Å². The number of hydrogen-bond acceptors (Lipinski definition) is 4. The van der Waals surface area contributed by atoms with Gasteiger partial charge in [-0.15, -0.1) is 0 Å². The first-order valence-corrected chi connectivity index (χ1v) is 7.07. The number of halogens is 7. The van der Waals surface area contributed by atoms with Crippen molar-refractivity contribution in [1.29, 1.82) is 0 Å². The van der Waals surface area contributed by atoms with Crippen molar-refractivity contribution in [3.8, 4) is 0 Å². The van der Waals surface area contributed by atoms with E-state index in [1.54, 1.807) is 0 Å². The van der Waals surface area contributed by atoms with Gasteiger partial charge in [0.05, 0.1) is 10.7 Å². The zero-order chi connectivity index (χ0) is 19.4. The van der Waals surface area contributed by atoms with Gasteiger partial charge in [0.25, 0.3) is 11.6 Å². The zero-order valence-corrected chi connectivity index (χ0v) is 13.4. The van der Waals surface area contributed by atoms with Gasteiger partial charge in [0.1, 0.15) is 6.04 Å². The normalized spacial score (nSPS) is 22.6. The minimum atomic E-state index is -5.22. The molecule has 1 aromatic rings. The van der Waals surface area contributed by atoms with E-state index in [-0.39, 0.29) is 10.7 Å². The predicted octanol–water partition coefficient (Wildman–Crippen LogP) is 2.89. The van der Waals surface area contributed by atoms with Crippen LogP contribution >= 0.6 is 11.6 Å². The average molecular weight is 393 g/mol. The lowest BCUT2D eigenvalue weighted by molar-refractivity contribution is -0.302. The molecule has 0 saturated carbocycles. The Hall–Kier alpha value is -1.82. The molecule has 1 aliphatic rings. The fourth-order valence-electron chi connectivity index (χ4n) is 2.25. The number of carbonyl (C=O) groups excluding carboxylic acids is 1. The van der Waals surface area contributed by atoms with Gasteiger partial charge in [-0.2, -0.15) is 41.6 Å². The molecule has 6 nitrogen and oxygen atoms in total. The number of amides is 1. The van der Waals surface area contributed by atoms with Crippen LogP contribution in [0.25, 0.3) is 0 Å². The minimum absolute atomic E-state index is 0.208. The number of aliphatic hydroxyl groups is 1. The molecular weight excluding hydrogens is 382 g/mol. The second-order valence-electron chi connectivity index (χ2n) is 5.33. The molecule has 0 fully saturated rings. The van der Waals surface area contributed by atoms with Crippen molar-refractivity contribution in [2.45, 2.75) is 44.4 Å². The van der Waals surface area contributed by atoms with Gasteiger partial charge >= 0.3 is 12.4 Å². The lowest BCUT2D eigenvalue weighted by atomic mass is 10.1. The molecule has 0 aromatic carbocycles. The molecule has 13 heteroatoms. The molecule has 0 radical (unpaired) electrons. The van der Waals surface area contributed by atoms with Crippen molar-refractivity contribution in [1.82, 2.24) is 14.8 Å². The van der Waals surface area contributed by atoms with Crippen molar-refractivity contribution in [2.24, 2.45) is 5.10 Å². The Morgan fingerprint density at radius 2 is 1.92 bits per heavy atom. The molecule has 1 aromatic heterocycles. The van der Waals surface area contributed by atoms with Crippen LogP contribution in [0.2, 0.25) is 5.02 Å². The third-order valence-electron chi connectivity index (χ3n) is 3.66. The van der Waals surface area contributed by atoms with Crippen molar-refractivity contribution < 1.29 is 36.2 Å². The number of alkyl halides is 6. The highest BCUT2D eigenvalue weighted by molar-refractivity contribution is 6.32. The Balaban J connectivity index is 2.40. The molecule has 25 heavy (non-hydrogen) atoms. The fourth-order valence-corrected chi connectivity index (χ4v) is 2.48. The van der Waals surface area contributed by atoms with Gasteiger partial charge in [0, 0.05) is 12.6 Å². The number of carbonyl (C=O) groups is 1. The summed E-state index contributed by atoms with van der Waals surface area (Å²) in [5, 5.41) is 15.1. The number of aromatic nitrogens is 2. The summed E-state index contributed by atoms with van der Waals surface area (Å²) in [6.07, 6.45) is -10.4. The Labute approximate surface area is 141 Å². The molecule has 0 aliphatic carbocycles. The molecule has 1 N–H and O–H groups in total. The maximum absolute atomic E-state index is 13.0. The molecule has 1 aliphatic heterocycles. The summed E-state index contributed by atoms with van der Waals surface area (Å²) in [7, 11) is 0. The number of hydrazone groups is 1. The monoisotopic (exact) mass is 392 g/mol. The van der Waals surface area contributed by atoms with Crippen molar-refractivity contribution in [2.75, 3.05) is 0 Å². The third kappa shape index (κ3) is 3.08. The van der Waals surface area contributed by atoms with E-state index in [0.29, 0.717) is 10.9 Å². The second kappa shape index (κ2) is 5.87. The van der Waals surface area contributed by atoms with Crippen molar-refractivity contribution in [3.63, 3.8) is 0 Å². The Bertz CT molecular complexity index is 728. The fraction of sp³-hybridized carbons (Fsp3) is 0.583. The van der Waals surface area contributed by atoms with Crippen LogP contribution in [0.4, 0.5) is 26.3 Å². The van der Waals surface area contributed by atoms with Crippen LogP contribution in [-0.4, -0.2) is 43.9 Å². The van der Waals surface area contributed by atoms with Crippen molar-refractivity contribution in [3.05, 3.63) is 16.4 Å². The van der Waals surface area contributed by atoms with E-state index in [9.17, 15) is 36.2 Å². The van der Waals surface area contributed by atoms with Crippen LogP contribution < -0.4 is 0 Å². The Morgan fingerprint density at radius 3 is 2.36 bits per heavy atom. The van der Waals surface area contributed by atoms with E-state index in [4.69, 9.17) is 11.6 Å². The second-order valence-corrected chi connectivity index (χ2v) is 5.71. The highest BCUT2D eigenvalue weighted by Gasteiger charge is 2.62. The molecule has 0 spiro atoms. The van der Waals surface area contributed by atoms with Gasteiger partial charge in [0.15, 0.2) is 5.69 Å². The highest BCUT2D eigenvalue weighted by atomic mass is 35.5. The summed E-state index contributed by atoms with van der Waals surface area (Å²) in [5.41, 5.74) is -5.31. The summed E-state index contributed by atoms with van der Waals surface area (Å²) in [5.74, 6) is -1.40. The highest BCUT2D eigenvalue weighted by Crippen LogP contribution is 2.40. The summed E-state index contributed by atoms with van der Waals surface area (Å²) < 4.78 is 78.0. The van der Waals surface area contributed by atoms with Gasteiger partial charge in [0.2, 0.25) is 0 Å². The molecule has 2 atom stereocenters. The maximum atomic E-state index is 13.0. The summed E-state index contributed by atoms with van der Waals surface area (Å²) in [4.78, 5) is 12.3. The predicted molar refractivity (Wildman–Crippen MR) is 72.6 cm³/mol. The Morgan fingerprint density at radius 1 is 1.36 bits per heavy atom. The molecule has 140 valence electrons. The van der Waals surface area contributed by atoms with Gasteiger partial charge in [-0.1, -0.05) is 11.6 Å². The number of rotatable bonds is 2. The lowest BCUT2D eigenvalue weighted by Crippen LogP contribution is -2.57. The quantitative estimate of drug-likeness (QED) is 0.787. The van der Waals surface area contributed by atoms with Crippen LogP contribution in [0.3, 0.4) is 0 Å². The van der Waals surface area contributed by atoms with E-state index in [1.165, 1.54) is 0 Å². The van der Waals surface area contributed by atoms with Gasteiger partial charge in [-0.3, -0.25) is 9.48 Å². The van der Waals surface area contributed by atoms with E-state index in [2.05, 4.69) is 10.2 Å². The average Bonchev–Trinajstić information content (AvgIpc) is 2.99. The van der Waals surface area contributed by atoms with Crippen LogP contribution in [0.5, 0.6) is 0 Å². The lowest BCUT2D eigenvalue weighted by Gasteiger charge is -2.34. The van der Waals surface area contributed by atoms with Gasteiger partial charge < -0.3 is 5.11 Å². The topological polar surface area (TPSA) is 70.7 Å². The van der Waals surface area contributed by atoms with Crippen LogP contribution in [0.1, 0.15) is 30.8 Å². The standard InChI is InChI=1S/C12H11ClF6N4O2/c1-5-7(13)8(11(14,15)16)21-22(5)6(2)9(24)23-10(25,3-4-20-23)12(17,18)19/h4,6,25H,3H2,1-2H3. The number of hydrogen-bond donors (Lipinski definition) is 1. The molecule has 0 saturated heterocycles. The molecule has 2 rings (SSSR count). The first-order chi connectivity index (χ1) is 11.2. The summed E-state index contributed by atoms with van der Waals surface area (Å²) >= 11 is 5.55. The molecule has 2 unspecified atom stereocenters. The summed E-state index contributed by atoms with van der Waals surface area (Å²) in [6.45, 7) is 2.14. The third-order valence-corrected chi connectivity index (χ3v) is 4.11. The molecule has 0 bridgehead atoms. The van der Waals surface area contributed by atoms with Crippen LogP contribution in [0.15, 0.2) is 5.10 Å². The largest absolute Gasteiger partial charge is 0.438 e. The van der Waals surface area contributed by atoms with Gasteiger partial charge in [-0.25, -0.2) is 0 Å². The smallest absolute Gasteiger partial charge is 0.362 e. The first-order valence-electron chi connectivity index (χ1n) is 6.69. The maximum Gasteiger partial charge on any atom is 0.438 e. The summed E-state index contributed by atoms with van der Waals surface area (Å²) in [6, 6.07) is -1.63. The number of nitrogens with zero attached hydrogens (tertiary/aromatic N) is 4. The first kappa shape index (κ1) is 19.5. The molecule has 2 heterocycles. The van der Waals surface area contributed by atoms with Crippen molar-refractivity contribution >= 4 is 23.7 Å². The SMILES string of the molecule is Cc1c(Cl)c(C(F)(F)F)nn1C(C)C(=O)N1N=CCC1(O)C(F)(F)F. The van der Waals surface area contributed by atoms with Gasteiger partial charge in [-0.05, 0) is 13.8 Å². The Kier molecular flexibility index (Phi) is 4.58. The van der Waals surface area contributed by atoms with Crippen LogP contribution in [0, 0.1) is 6.92 Å².